The van der Waals surface area contributed by atoms with Crippen molar-refractivity contribution in [2.75, 3.05) is 0 Å². The Labute approximate surface area is 149 Å². The van der Waals surface area contributed by atoms with Gasteiger partial charge in [0.15, 0.2) is 0 Å². The molecule has 0 bridgehead atoms. The van der Waals surface area contributed by atoms with E-state index in [2.05, 4.69) is 25.4 Å². The summed E-state index contributed by atoms with van der Waals surface area (Å²) in [6, 6.07) is 14.6. The second-order valence-corrected chi connectivity index (χ2v) is 5.86. The minimum Gasteiger partial charge on any atom is -0.350 e. The maximum absolute atomic E-state index is 12.5. The van der Waals surface area contributed by atoms with E-state index in [0.717, 1.165) is 11.0 Å². The highest BCUT2D eigenvalue weighted by Crippen LogP contribution is 2.20. The molecule has 1 unspecified atom stereocenters. The zero-order chi connectivity index (χ0) is 17.9. The number of nitrogens with one attached hydrogen (secondary N) is 2. The largest absolute Gasteiger partial charge is 0.350 e. The van der Waals surface area contributed by atoms with Gasteiger partial charge in [-0.3, -0.25) is 9.78 Å². The molecule has 0 aliphatic heterocycles. The minimum absolute atomic E-state index is 0.139. The van der Waals surface area contributed by atoms with Crippen LogP contribution in [0.3, 0.4) is 0 Å². The van der Waals surface area contributed by atoms with Gasteiger partial charge in [0.05, 0.1) is 22.8 Å². The molecule has 26 heavy (non-hydrogen) atoms. The van der Waals surface area contributed by atoms with Crippen molar-refractivity contribution < 1.29 is 9.32 Å². The van der Waals surface area contributed by atoms with Crippen LogP contribution in [0.2, 0.25) is 0 Å². The third-order valence-corrected chi connectivity index (χ3v) is 4.11. The number of pyridine rings is 1. The van der Waals surface area contributed by atoms with Crippen molar-refractivity contribution in [3.05, 3.63) is 66.3 Å². The van der Waals surface area contributed by atoms with Gasteiger partial charge in [0.1, 0.15) is 11.5 Å². The molecule has 7 nitrogen and oxygen atoms in total. The number of amides is 1. The fourth-order valence-corrected chi connectivity index (χ4v) is 2.75. The molecule has 0 radical (unpaired) electrons. The number of aromatic amines is 1. The van der Waals surface area contributed by atoms with E-state index in [1.54, 1.807) is 12.3 Å². The molecule has 3 heterocycles. The highest BCUT2D eigenvalue weighted by atomic mass is 16.5. The average molecular weight is 347 g/mol. The van der Waals surface area contributed by atoms with Crippen LogP contribution in [0.5, 0.6) is 0 Å². The summed E-state index contributed by atoms with van der Waals surface area (Å²) in [5.41, 5.74) is 2.98. The summed E-state index contributed by atoms with van der Waals surface area (Å²) < 4.78 is 5.19. The highest BCUT2D eigenvalue weighted by molar-refractivity contribution is 5.92. The molecule has 4 aromatic rings. The number of nitrogens with zero attached hydrogens (tertiary/aromatic N) is 3. The van der Waals surface area contributed by atoms with E-state index in [-0.39, 0.29) is 17.7 Å². The molecule has 0 fully saturated rings. The number of hydrogen-bond acceptors (Lipinski definition) is 5. The number of imidazole rings is 1. The van der Waals surface area contributed by atoms with E-state index in [1.165, 1.54) is 0 Å². The quantitative estimate of drug-likeness (QED) is 0.576. The summed E-state index contributed by atoms with van der Waals surface area (Å²) in [5.74, 6) is 0.513. The smallest absolute Gasteiger partial charge is 0.290 e. The van der Waals surface area contributed by atoms with Gasteiger partial charge < -0.3 is 14.8 Å². The van der Waals surface area contributed by atoms with Gasteiger partial charge in [-0.05, 0) is 30.7 Å². The highest BCUT2D eigenvalue weighted by Gasteiger charge is 2.21. The molecule has 2 N–H and O–H groups in total. The lowest BCUT2D eigenvalue weighted by molar-refractivity contribution is 0.0896. The number of fused-ring (bicyclic) bond motifs is 1. The number of carbonyl (C=O) groups excluding carboxylic acids is 1. The van der Waals surface area contributed by atoms with Crippen molar-refractivity contribution in [2.24, 2.45) is 0 Å². The Bertz CT molecular complexity index is 1010. The minimum atomic E-state index is -0.341. The molecule has 0 spiro atoms. The fourth-order valence-electron chi connectivity index (χ4n) is 2.75. The second kappa shape index (κ2) is 6.79. The number of H-pyrrole nitrogens is 1. The number of carbonyl (C=O) groups is 1. The van der Waals surface area contributed by atoms with Crippen LogP contribution in [-0.2, 0) is 0 Å². The Hall–Kier alpha value is -3.48. The summed E-state index contributed by atoms with van der Waals surface area (Å²) in [5, 5.41) is 6.86. The van der Waals surface area contributed by atoms with Gasteiger partial charge in [-0.15, -0.1) is 0 Å². The zero-order valence-corrected chi connectivity index (χ0v) is 14.1. The van der Waals surface area contributed by atoms with Gasteiger partial charge in [0.25, 0.3) is 5.91 Å². The molecular weight excluding hydrogens is 330 g/mol. The van der Waals surface area contributed by atoms with E-state index in [0.29, 0.717) is 23.6 Å². The Balaban J connectivity index is 1.53. The predicted molar refractivity (Wildman–Crippen MR) is 96.3 cm³/mol. The molecule has 7 heteroatoms. The van der Waals surface area contributed by atoms with Gasteiger partial charge in [0.2, 0.25) is 5.76 Å². The van der Waals surface area contributed by atoms with Crippen LogP contribution in [0.15, 0.2) is 59.3 Å². The molecule has 130 valence electrons. The van der Waals surface area contributed by atoms with Crippen LogP contribution in [0, 0.1) is 0 Å². The van der Waals surface area contributed by atoms with Gasteiger partial charge >= 0.3 is 0 Å². The zero-order valence-electron chi connectivity index (χ0n) is 14.1. The molecule has 0 aliphatic carbocycles. The Kier molecular flexibility index (Phi) is 4.18. The lowest BCUT2D eigenvalue weighted by Crippen LogP contribution is -2.28. The van der Waals surface area contributed by atoms with Crippen molar-refractivity contribution in [3.8, 4) is 11.4 Å². The summed E-state index contributed by atoms with van der Waals surface area (Å²) in [4.78, 5) is 24.6. The van der Waals surface area contributed by atoms with Crippen LogP contribution in [0.25, 0.3) is 22.4 Å². The maximum Gasteiger partial charge on any atom is 0.290 e. The first-order valence-electron chi connectivity index (χ1n) is 8.38. The molecule has 0 saturated heterocycles. The standard InChI is InChI=1S/C19H17N5O2/c1-2-12(18-21-14-8-3-4-9-15(14)22-18)23-19(25)17-11-16(24-26-17)13-7-5-6-10-20-13/h3-12H,2H2,1H3,(H,21,22)(H,23,25). The summed E-state index contributed by atoms with van der Waals surface area (Å²) >= 11 is 0. The molecular formula is C19H17N5O2. The lowest BCUT2D eigenvalue weighted by Gasteiger charge is -2.13. The van der Waals surface area contributed by atoms with Crippen LogP contribution in [0.4, 0.5) is 0 Å². The van der Waals surface area contributed by atoms with Crippen LogP contribution < -0.4 is 5.32 Å². The Morgan fingerprint density at radius 2 is 2.04 bits per heavy atom. The van der Waals surface area contributed by atoms with E-state index in [4.69, 9.17) is 4.52 Å². The number of hydrogen-bond donors (Lipinski definition) is 2. The summed E-state index contributed by atoms with van der Waals surface area (Å²) in [6.45, 7) is 1.98. The van der Waals surface area contributed by atoms with E-state index in [9.17, 15) is 4.79 Å². The molecule has 0 aliphatic rings. The van der Waals surface area contributed by atoms with E-state index in [1.807, 2.05) is 49.4 Å². The van der Waals surface area contributed by atoms with Crippen molar-refractivity contribution >= 4 is 16.9 Å². The number of rotatable bonds is 5. The van der Waals surface area contributed by atoms with E-state index >= 15 is 0 Å². The first kappa shape index (κ1) is 16.0. The van der Waals surface area contributed by atoms with Crippen molar-refractivity contribution in [3.63, 3.8) is 0 Å². The molecule has 3 aromatic heterocycles. The third-order valence-electron chi connectivity index (χ3n) is 4.11. The SMILES string of the molecule is CCC(NC(=O)c1cc(-c2ccccn2)no1)c1nc2ccccc2[nH]1. The van der Waals surface area contributed by atoms with Crippen molar-refractivity contribution in [1.29, 1.82) is 0 Å². The predicted octanol–water partition coefficient (Wildman–Crippen LogP) is 3.49. The lowest BCUT2D eigenvalue weighted by atomic mass is 10.2. The molecule has 1 aromatic carbocycles. The molecule has 4 rings (SSSR count). The van der Waals surface area contributed by atoms with Crippen LogP contribution in [-0.4, -0.2) is 26.0 Å². The normalized spacial score (nSPS) is 12.2. The Morgan fingerprint density at radius 1 is 1.19 bits per heavy atom. The van der Waals surface area contributed by atoms with Crippen LogP contribution >= 0.6 is 0 Å². The number of benzene rings is 1. The van der Waals surface area contributed by atoms with Crippen LogP contribution in [0.1, 0.15) is 35.8 Å². The van der Waals surface area contributed by atoms with Crippen molar-refractivity contribution in [2.45, 2.75) is 19.4 Å². The molecule has 1 amide bonds. The van der Waals surface area contributed by atoms with Gasteiger partial charge in [-0.25, -0.2) is 4.98 Å². The molecule has 1 atom stereocenters. The summed E-state index contributed by atoms with van der Waals surface area (Å²) in [7, 11) is 0. The first-order valence-corrected chi connectivity index (χ1v) is 8.38. The Morgan fingerprint density at radius 3 is 2.81 bits per heavy atom. The topological polar surface area (TPSA) is 96.7 Å². The summed E-state index contributed by atoms with van der Waals surface area (Å²) in [6.07, 6.45) is 2.35. The maximum atomic E-state index is 12.5. The molecule has 0 saturated carbocycles. The van der Waals surface area contributed by atoms with Crippen molar-refractivity contribution in [1.82, 2.24) is 25.4 Å². The average Bonchev–Trinajstić information content (AvgIpc) is 3.33. The first-order chi connectivity index (χ1) is 12.7. The number of aromatic nitrogens is 4. The van der Waals surface area contributed by atoms with Gasteiger partial charge in [-0.1, -0.05) is 30.3 Å². The van der Waals surface area contributed by atoms with Gasteiger partial charge in [-0.2, -0.15) is 0 Å². The second-order valence-electron chi connectivity index (χ2n) is 5.86. The monoisotopic (exact) mass is 347 g/mol. The third kappa shape index (κ3) is 3.06. The number of para-hydroxylation sites is 2. The fraction of sp³-hybridized carbons (Fsp3) is 0.158. The van der Waals surface area contributed by atoms with E-state index < -0.39 is 0 Å². The van der Waals surface area contributed by atoms with Gasteiger partial charge in [0, 0.05) is 12.3 Å².